The van der Waals surface area contributed by atoms with Crippen LogP contribution in [0.1, 0.15) is 25.0 Å². The molecule has 2 heterocycles. The van der Waals surface area contributed by atoms with Crippen molar-refractivity contribution in [2.75, 3.05) is 6.79 Å². The molecule has 2 aromatic carbocycles. The van der Waals surface area contributed by atoms with E-state index in [1.165, 1.54) is 19.9 Å². The number of esters is 2. The number of hydrogen-bond acceptors (Lipinski definition) is 7. The van der Waals surface area contributed by atoms with Crippen LogP contribution in [0, 0.1) is 0 Å². The Hall–Kier alpha value is -3.81. The SMILES string of the molecule is CC(=O)OCc1cc2cc3c(cc2c(-c2ccc(=O)[nH]c2)c1COC(C)=O)OCO3. The summed E-state index contributed by atoms with van der Waals surface area (Å²) in [6, 6.07) is 8.67. The molecule has 1 aliphatic heterocycles. The van der Waals surface area contributed by atoms with Crippen LogP contribution in [-0.4, -0.2) is 23.7 Å². The Morgan fingerprint density at radius 2 is 1.70 bits per heavy atom. The average Bonchev–Trinajstić information content (AvgIpc) is 3.16. The Morgan fingerprint density at radius 3 is 2.37 bits per heavy atom. The molecule has 4 rings (SSSR count). The molecule has 0 amide bonds. The van der Waals surface area contributed by atoms with Crippen LogP contribution in [0.15, 0.2) is 41.3 Å². The van der Waals surface area contributed by atoms with Crippen LogP contribution in [0.5, 0.6) is 11.5 Å². The number of carbonyl (C=O) groups is 2. The second-order valence-corrected chi connectivity index (χ2v) is 6.82. The number of nitrogens with one attached hydrogen (secondary N) is 1. The highest BCUT2D eigenvalue weighted by Crippen LogP contribution is 2.42. The standard InChI is InChI=1S/C22H19NO7/c1-12(24)27-9-16-5-15-6-19-20(30-11-29-19)7-17(15)22(18(16)10-28-13(2)25)14-3-4-21(26)23-8-14/h3-8H,9-11H2,1-2H3,(H,23,26). The molecule has 1 N–H and O–H groups in total. The lowest BCUT2D eigenvalue weighted by atomic mass is 9.90. The summed E-state index contributed by atoms with van der Waals surface area (Å²) in [5.41, 5.74) is 2.57. The fourth-order valence-corrected chi connectivity index (χ4v) is 3.43. The fraction of sp³-hybridized carbons (Fsp3) is 0.227. The van der Waals surface area contributed by atoms with Gasteiger partial charge in [-0.15, -0.1) is 0 Å². The number of rotatable bonds is 5. The van der Waals surface area contributed by atoms with E-state index >= 15 is 0 Å². The third kappa shape index (κ3) is 3.84. The molecule has 30 heavy (non-hydrogen) atoms. The van der Waals surface area contributed by atoms with Gasteiger partial charge in [-0.1, -0.05) is 0 Å². The largest absolute Gasteiger partial charge is 0.461 e. The zero-order valence-corrected chi connectivity index (χ0v) is 16.4. The summed E-state index contributed by atoms with van der Waals surface area (Å²) in [5.74, 6) is 0.344. The molecule has 0 saturated carbocycles. The molecule has 1 aliphatic rings. The minimum Gasteiger partial charge on any atom is -0.461 e. The summed E-state index contributed by atoms with van der Waals surface area (Å²) in [5, 5.41) is 1.65. The van der Waals surface area contributed by atoms with Gasteiger partial charge >= 0.3 is 11.9 Å². The third-order valence-electron chi connectivity index (χ3n) is 4.76. The maximum Gasteiger partial charge on any atom is 0.302 e. The van der Waals surface area contributed by atoms with Gasteiger partial charge in [0, 0.05) is 31.7 Å². The summed E-state index contributed by atoms with van der Waals surface area (Å²) < 4.78 is 21.5. The second-order valence-electron chi connectivity index (χ2n) is 6.82. The van der Waals surface area contributed by atoms with Crippen molar-refractivity contribution >= 4 is 22.7 Å². The Bertz CT molecular complexity index is 1190. The molecule has 154 valence electrons. The Morgan fingerprint density at radius 1 is 1.00 bits per heavy atom. The zero-order chi connectivity index (χ0) is 21.3. The smallest absolute Gasteiger partial charge is 0.302 e. The van der Waals surface area contributed by atoms with Crippen molar-refractivity contribution in [3.63, 3.8) is 0 Å². The van der Waals surface area contributed by atoms with E-state index in [2.05, 4.69) is 4.98 Å². The van der Waals surface area contributed by atoms with Gasteiger partial charge in [-0.25, -0.2) is 0 Å². The van der Waals surface area contributed by atoms with Gasteiger partial charge < -0.3 is 23.9 Å². The van der Waals surface area contributed by atoms with Crippen molar-refractivity contribution in [3.8, 4) is 22.6 Å². The topological polar surface area (TPSA) is 104 Å². The van der Waals surface area contributed by atoms with E-state index in [0.717, 1.165) is 16.3 Å². The van der Waals surface area contributed by atoms with Crippen LogP contribution < -0.4 is 15.0 Å². The number of carbonyl (C=O) groups excluding carboxylic acids is 2. The van der Waals surface area contributed by atoms with E-state index < -0.39 is 11.9 Å². The molecule has 0 bridgehead atoms. The van der Waals surface area contributed by atoms with Crippen LogP contribution in [0.2, 0.25) is 0 Å². The number of benzene rings is 2. The quantitative estimate of drug-likeness (QED) is 0.646. The second kappa shape index (κ2) is 7.90. The van der Waals surface area contributed by atoms with E-state index in [1.807, 2.05) is 18.2 Å². The van der Waals surface area contributed by atoms with Gasteiger partial charge in [0.05, 0.1) is 0 Å². The monoisotopic (exact) mass is 409 g/mol. The number of ether oxygens (including phenoxy) is 4. The number of hydrogen-bond donors (Lipinski definition) is 1. The van der Waals surface area contributed by atoms with Crippen molar-refractivity contribution in [3.05, 3.63) is 58.0 Å². The number of H-pyrrole nitrogens is 1. The van der Waals surface area contributed by atoms with Gasteiger partial charge in [-0.3, -0.25) is 14.4 Å². The summed E-state index contributed by atoms with van der Waals surface area (Å²) in [4.78, 5) is 37.2. The van der Waals surface area contributed by atoms with Crippen molar-refractivity contribution in [1.29, 1.82) is 0 Å². The highest BCUT2D eigenvalue weighted by atomic mass is 16.7. The van der Waals surface area contributed by atoms with Crippen molar-refractivity contribution < 1.29 is 28.5 Å². The van der Waals surface area contributed by atoms with E-state index in [-0.39, 0.29) is 25.6 Å². The number of fused-ring (bicyclic) bond motifs is 2. The van der Waals surface area contributed by atoms with Crippen molar-refractivity contribution in [2.45, 2.75) is 27.1 Å². The first-order valence-corrected chi connectivity index (χ1v) is 9.26. The molecule has 0 radical (unpaired) electrons. The summed E-state index contributed by atoms with van der Waals surface area (Å²) >= 11 is 0. The minimum atomic E-state index is -0.438. The van der Waals surface area contributed by atoms with E-state index in [1.54, 1.807) is 12.3 Å². The molecule has 1 aromatic heterocycles. The maximum atomic E-state index is 11.6. The molecule has 3 aromatic rings. The average molecular weight is 409 g/mol. The van der Waals surface area contributed by atoms with E-state index in [9.17, 15) is 14.4 Å². The molecular formula is C22H19NO7. The van der Waals surface area contributed by atoms with Gasteiger partial charge in [0.25, 0.3) is 0 Å². The predicted octanol–water partition coefficient (Wildman–Crippen LogP) is 3.05. The van der Waals surface area contributed by atoms with E-state index in [4.69, 9.17) is 18.9 Å². The van der Waals surface area contributed by atoms with Crippen molar-refractivity contribution in [1.82, 2.24) is 4.98 Å². The Labute approximate surface area is 171 Å². The molecule has 0 aliphatic carbocycles. The van der Waals surface area contributed by atoms with Crippen LogP contribution >= 0.6 is 0 Å². The molecule has 0 atom stereocenters. The lowest BCUT2D eigenvalue weighted by Crippen LogP contribution is -2.08. The molecule has 8 heteroatoms. The lowest BCUT2D eigenvalue weighted by molar-refractivity contribution is -0.143. The summed E-state index contributed by atoms with van der Waals surface area (Å²) in [7, 11) is 0. The van der Waals surface area contributed by atoms with Gasteiger partial charge in [0.1, 0.15) is 13.2 Å². The van der Waals surface area contributed by atoms with Gasteiger partial charge in [-0.2, -0.15) is 0 Å². The Balaban J connectivity index is 2.00. The molecule has 0 fully saturated rings. The number of pyridine rings is 1. The highest BCUT2D eigenvalue weighted by Gasteiger charge is 2.21. The molecule has 0 unspecified atom stereocenters. The molecular weight excluding hydrogens is 390 g/mol. The number of aromatic nitrogens is 1. The molecule has 0 saturated heterocycles. The molecule has 0 spiro atoms. The maximum absolute atomic E-state index is 11.6. The molecule has 8 nitrogen and oxygen atoms in total. The van der Waals surface area contributed by atoms with Crippen LogP contribution in [0.25, 0.3) is 21.9 Å². The van der Waals surface area contributed by atoms with E-state index in [0.29, 0.717) is 28.2 Å². The van der Waals surface area contributed by atoms with Crippen LogP contribution in [-0.2, 0) is 32.3 Å². The number of aromatic amines is 1. The Kier molecular flexibility index (Phi) is 5.14. The summed E-state index contributed by atoms with van der Waals surface area (Å²) in [6.45, 7) is 2.76. The van der Waals surface area contributed by atoms with Crippen LogP contribution in [0.4, 0.5) is 0 Å². The highest BCUT2D eigenvalue weighted by molar-refractivity contribution is 6.01. The predicted molar refractivity (Wildman–Crippen MR) is 107 cm³/mol. The van der Waals surface area contributed by atoms with Gasteiger partial charge in [0.15, 0.2) is 11.5 Å². The van der Waals surface area contributed by atoms with Gasteiger partial charge in [0.2, 0.25) is 12.4 Å². The third-order valence-corrected chi connectivity index (χ3v) is 4.76. The first-order chi connectivity index (χ1) is 14.4. The first kappa shape index (κ1) is 19.5. The minimum absolute atomic E-state index is 0.00661. The fourth-order valence-electron chi connectivity index (χ4n) is 3.43. The zero-order valence-electron chi connectivity index (χ0n) is 16.4. The van der Waals surface area contributed by atoms with Crippen molar-refractivity contribution in [2.24, 2.45) is 0 Å². The normalized spacial score (nSPS) is 12.1. The van der Waals surface area contributed by atoms with Gasteiger partial charge in [-0.05, 0) is 51.7 Å². The summed E-state index contributed by atoms with van der Waals surface area (Å²) in [6.07, 6.45) is 1.59. The lowest BCUT2D eigenvalue weighted by Gasteiger charge is -2.18. The van der Waals surface area contributed by atoms with Crippen LogP contribution in [0.3, 0.4) is 0 Å². The first-order valence-electron chi connectivity index (χ1n) is 9.26.